The van der Waals surface area contributed by atoms with E-state index in [9.17, 15) is 14.4 Å². The first-order chi connectivity index (χ1) is 31.0. The van der Waals surface area contributed by atoms with Crippen molar-refractivity contribution < 1.29 is 28.6 Å². The zero-order valence-electron chi connectivity index (χ0n) is 41.6. The second-order valence-electron chi connectivity index (χ2n) is 17.8. The molecule has 0 aliphatic heterocycles. The van der Waals surface area contributed by atoms with Crippen molar-refractivity contribution in [1.82, 2.24) is 0 Å². The molecule has 1 unspecified atom stereocenters. The Morgan fingerprint density at radius 2 is 0.635 bits per heavy atom. The molecule has 6 nitrogen and oxygen atoms in total. The van der Waals surface area contributed by atoms with Gasteiger partial charge in [0.1, 0.15) is 13.2 Å². The molecule has 0 fully saturated rings. The molecule has 0 spiro atoms. The number of ether oxygens (including phenoxy) is 3. The SMILES string of the molecule is CC/C=C\C/C=C\C/C=C\CCCCCC(=O)OCC(COC(=O)CCCCCCCCCCCCCCCCCCCC)OC(=O)CCCCCCC/C=C\C/C=C\CCCC. The standard InChI is InChI=1S/C57H100O6/c1-4-7-10-13-16-19-22-25-27-28-29-30-33-35-38-41-44-47-50-56(59)62-53-54(52-61-55(58)49-46-43-40-37-34-31-24-21-18-15-12-9-6-3)63-57(60)51-48-45-42-39-36-32-26-23-20-17-14-11-8-5-2/h9,12,14,17-18,21,23,26,31,34,54H,4-8,10-11,13,15-16,19-20,22,24-25,27-30,32-33,35-53H2,1-3H3/b12-9-,17-14-,21-18-,26-23-,34-31-. The summed E-state index contributed by atoms with van der Waals surface area (Å²) in [6, 6.07) is 0. The summed E-state index contributed by atoms with van der Waals surface area (Å²) < 4.78 is 16.8. The summed E-state index contributed by atoms with van der Waals surface area (Å²) in [5, 5.41) is 0. The molecule has 364 valence electrons. The highest BCUT2D eigenvalue weighted by Gasteiger charge is 2.19. The van der Waals surface area contributed by atoms with Gasteiger partial charge in [0.25, 0.3) is 0 Å². The summed E-state index contributed by atoms with van der Waals surface area (Å²) in [5.41, 5.74) is 0. The van der Waals surface area contributed by atoms with Crippen molar-refractivity contribution >= 4 is 17.9 Å². The van der Waals surface area contributed by atoms with Crippen molar-refractivity contribution in [3.8, 4) is 0 Å². The first kappa shape index (κ1) is 60.1. The topological polar surface area (TPSA) is 78.9 Å². The third-order valence-electron chi connectivity index (χ3n) is 11.5. The minimum absolute atomic E-state index is 0.0874. The number of allylic oxidation sites excluding steroid dienone is 10. The van der Waals surface area contributed by atoms with Gasteiger partial charge in [-0.15, -0.1) is 0 Å². The van der Waals surface area contributed by atoms with Crippen LogP contribution in [-0.2, 0) is 28.6 Å². The molecule has 0 rings (SSSR count). The number of unbranched alkanes of at least 4 members (excludes halogenated alkanes) is 27. The van der Waals surface area contributed by atoms with Crippen molar-refractivity contribution in [2.24, 2.45) is 0 Å². The van der Waals surface area contributed by atoms with Crippen LogP contribution < -0.4 is 0 Å². The minimum Gasteiger partial charge on any atom is -0.462 e. The molecule has 0 aromatic rings. The molecule has 0 bridgehead atoms. The van der Waals surface area contributed by atoms with E-state index in [1.165, 1.54) is 116 Å². The van der Waals surface area contributed by atoms with Crippen LogP contribution in [-0.4, -0.2) is 37.2 Å². The van der Waals surface area contributed by atoms with Crippen LogP contribution in [0.15, 0.2) is 60.8 Å². The molecular formula is C57H100O6. The van der Waals surface area contributed by atoms with Crippen LogP contribution in [0.1, 0.15) is 265 Å². The Balaban J connectivity index is 4.38. The zero-order valence-corrected chi connectivity index (χ0v) is 41.6. The quantitative estimate of drug-likeness (QED) is 0.0262. The van der Waals surface area contributed by atoms with Gasteiger partial charge in [-0.25, -0.2) is 0 Å². The van der Waals surface area contributed by atoms with Crippen LogP contribution in [0.5, 0.6) is 0 Å². The Kier molecular flexibility index (Phi) is 49.4. The molecule has 0 aromatic heterocycles. The van der Waals surface area contributed by atoms with E-state index in [0.29, 0.717) is 19.3 Å². The Morgan fingerprint density at radius 1 is 0.333 bits per heavy atom. The molecule has 0 heterocycles. The molecule has 6 heteroatoms. The summed E-state index contributed by atoms with van der Waals surface area (Å²) in [5.74, 6) is -0.925. The van der Waals surface area contributed by atoms with Gasteiger partial charge in [0, 0.05) is 19.3 Å². The van der Waals surface area contributed by atoms with Crippen LogP contribution in [0.4, 0.5) is 0 Å². The van der Waals surface area contributed by atoms with Crippen molar-refractivity contribution in [2.75, 3.05) is 13.2 Å². The van der Waals surface area contributed by atoms with Crippen LogP contribution in [0.3, 0.4) is 0 Å². The maximum Gasteiger partial charge on any atom is 0.306 e. The second-order valence-corrected chi connectivity index (χ2v) is 17.8. The van der Waals surface area contributed by atoms with E-state index >= 15 is 0 Å². The normalized spacial score (nSPS) is 12.5. The van der Waals surface area contributed by atoms with Gasteiger partial charge in [-0.1, -0.05) is 229 Å². The molecule has 0 saturated carbocycles. The fraction of sp³-hybridized carbons (Fsp3) is 0.772. The fourth-order valence-corrected chi connectivity index (χ4v) is 7.47. The van der Waals surface area contributed by atoms with Gasteiger partial charge in [0.05, 0.1) is 0 Å². The monoisotopic (exact) mass is 881 g/mol. The molecular weight excluding hydrogens is 781 g/mol. The van der Waals surface area contributed by atoms with Crippen molar-refractivity contribution in [3.63, 3.8) is 0 Å². The summed E-state index contributed by atoms with van der Waals surface area (Å²) in [7, 11) is 0. The molecule has 0 aromatic carbocycles. The average Bonchev–Trinajstić information content (AvgIpc) is 3.28. The summed E-state index contributed by atoms with van der Waals surface area (Å²) in [4.78, 5) is 38.0. The lowest BCUT2D eigenvalue weighted by molar-refractivity contribution is -0.167. The van der Waals surface area contributed by atoms with Crippen molar-refractivity contribution in [2.45, 2.75) is 271 Å². The largest absolute Gasteiger partial charge is 0.462 e. The maximum absolute atomic E-state index is 12.8. The van der Waals surface area contributed by atoms with E-state index < -0.39 is 6.10 Å². The third-order valence-corrected chi connectivity index (χ3v) is 11.5. The van der Waals surface area contributed by atoms with Crippen LogP contribution in [0.25, 0.3) is 0 Å². The number of carbonyl (C=O) groups is 3. The van der Waals surface area contributed by atoms with E-state index in [4.69, 9.17) is 14.2 Å². The number of hydrogen-bond acceptors (Lipinski definition) is 6. The Bertz CT molecular complexity index is 1150. The van der Waals surface area contributed by atoms with Gasteiger partial charge in [-0.2, -0.15) is 0 Å². The Morgan fingerprint density at radius 3 is 1.03 bits per heavy atom. The Labute approximate surface area is 390 Å². The lowest BCUT2D eigenvalue weighted by atomic mass is 10.0. The summed E-state index contributed by atoms with van der Waals surface area (Å²) in [6.45, 7) is 6.46. The van der Waals surface area contributed by atoms with Gasteiger partial charge in [0.15, 0.2) is 6.10 Å². The van der Waals surface area contributed by atoms with E-state index in [0.717, 1.165) is 109 Å². The number of rotatable bonds is 48. The number of carbonyl (C=O) groups excluding carboxylic acids is 3. The van der Waals surface area contributed by atoms with E-state index in [-0.39, 0.29) is 31.1 Å². The number of esters is 3. The van der Waals surface area contributed by atoms with Gasteiger partial charge in [0.2, 0.25) is 0 Å². The van der Waals surface area contributed by atoms with E-state index in [1.807, 2.05) is 0 Å². The summed E-state index contributed by atoms with van der Waals surface area (Å²) >= 11 is 0. The first-order valence-corrected chi connectivity index (χ1v) is 26.8. The molecule has 0 saturated heterocycles. The highest BCUT2D eigenvalue weighted by molar-refractivity contribution is 5.71. The lowest BCUT2D eigenvalue weighted by Gasteiger charge is -2.18. The zero-order chi connectivity index (χ0) is 45.8. The van der Waals surface area contributed by atoms with E-state index in [2.05, 4.69) is 81.5 Å². The predicted molar refractivity (Wildman–Crippen MR) is 270 cm³/mol. The molecule has 0 aliphatic rings. The maximum atomic E-state index is 12.8. The third kappa shape index (κ3) is 50.0. The van der Waals surface area contributed by atoms with E-state index in [1.54, 1.807) is 0 Å². The highest BCUT2D eigenvalue weighted by atomic mass is 16.6. The molecule has 1 atom stereocenters. The summed E-state index contributed by atoms with van der Waals surface area (Å²) in [6.07, 6.45) is 63.5. The first-order valence-electron chi connectivity index (χ1n) is 26.8. The molecule has 0 radical (unpaired) electrons. The predicted octanol–water partition coefficient (Wildman–Crippen LogP) is 17.6. The molecule has 0 amide bonds. The fourth-order valence-electron chi connectivity index (χ4n) is 7.47. The average molecular weight is 881 g/mol. The van der Waals surface area contributed by atoms with Crippen molar-refractivity contribution in [3.05, 3.63) is 60.8 Å². The minimum atomic E-state index is -0.791. The van der Waals surface area contributed by atoms with Gasteiger partial charge in [-0.05, 0) is 77.0 Å². The van der Waals surface area contributed by atoms with Crippen LogP contribution >= 0.6 is 0 Å². The lowest BCUT2D eigenvalue weighted by Crippen LogP contribution is -2.30. The Hall–Kier alpha value is -2.89. The van der Waals surface area contributed by atoms with Crippen molar-refractivity contribution in [1.29, 1.82) is 0 Å². The second kappa shape index (κ2) is 51.7. The van der Waals surface area contributed by atoms with Gasteiger partial charge < -0.3 is 14.2 Å². The molecule has 0 N–H and O–H groups in total. The molecule has 0 aliphatic carbocycles. The van der Waals surface area contributed by atoms with Crippen LogP contribution in [0, 0.1) is 0 Å². The molecule has 63 heavy (non-hydrogen) atoms. The number of hydrogen-bond donors (Lipinski definition) is 0. The highest BCUT2D eigenvalue weighted by Crippen LogP contribution is 2.16. The smallest absolute Gasteiger partial charge is 0.306 e. The van der Waals surface area contributed by atoms with Gasteiger partial charge in [-0.3, -0.25) is 14.4 Å². The van der Waals surface area contributed by atoms with Gasteiger partial charge >= 0.3 is 17.9 Å². The van der Waals surface area contributed by atoms with Crippen LogP contribution in [0.2, 0.25) is 0 Å².